The van der Waals surface area contributed by atoms with Gasteiger partial charge in [0.1, 0.15) is 18.1 Å². The van der Waals surface area contributed by atoms with Crippen molar-refractivity contribution in [3.8, 4) is 34.3 Å². The molecule has 2 heterocycles. The first-order valence-corrected chi connectivity index (χ1v) is 10.7. The van der Waals surface area contributed by atoms with Crippen molar-refractivity contribution in [2.45, 2.75) is 6.61 Å². The van der Waals surface area contributed by atoms with E-state index < -0.39 is 0 Å². The van der Waals surface area contributed by atoms with Crippen molar-refractivity contribution in [3.05, 3.63) is 108 Å². The van der Waals surface area contributed by atoms with Gasteiger partial charge >= 0.3 is 0 Å². The first kappa shape index (κ1) is 20.6. The molecule has 0 bridgehead atoms. The topological polar surface area (TPSA) is 77.8 Å². The number of nitrogens with one attached hydrogen (secondary N) is 1. The van der Waals surface area contributed by atoms with Crippen LogP contribution in [-0.2, 0) is 6.61 Å². The third kappa shape index (κ3) is 4.97. The van der Waals surface area contributed by atoms with E-state index in [2.05, 4.69) is 20.3 Å². The highest BCUT2D eigenvalue weighted by molar-refractivity contribution is 7.71. The number of para-hydroxylation sites is 2. The van der Waals surface area contributed by atoms with Crippen LogP contribution in [0.3, 0.4) is 0 Å². The fraction of sp³-hybridized carbons (Fsp3) is 0.0400. The van der Waals surface area contributed by atoms with Crippen LogP contribution in [0.4, 0.5) is 0 Å². The molecule has 0 radical (unpaired) electrons. The molecule has 162 valence electrons. The Morgan fingerprint density at radius 3 is 2.15 bits per heavy atom. The second-order valence-electron chi connectivity index (χ2n) is 7.10. The lowest BCUT2D eigenvalue weighted by Crippen LogP contribution is -2.07. The highest BCUT2D eigenvalue weighted by Gasteiger charge is 2.09. The Hall–Kier alpha value is -4.30. The molecule has 0 aliphatic rings. The van der Waals surface area contributed by atoms with E-state index in [1.54, 1.807) is 10.7 Å². The third-order valence-corrected chi connectivity index (χ3v) is 5.01. The summed E-state index contributed by atoms with van der Waals surface area (Å²) in [5, 5.41) is 11.5. The van der Waals surface area contributed by atoms with Crippen LogP contribution >= 0.6 is 12.2 Å². The van der Waals surface area contributed by atoms with Crippen LogP contribution in [0.25, 0.3) is 16.9 Å². The molecule has 0 atom stereocenters. The molecule has 3 aromatic carbocycles. The number of ether oxygens (including phenoxy) is 2. The summed E-state index contributed by atoms with van der Waals surface area (Å²) in [7, 11) is 0. The second-order valence-corrected chi connectivity index (χ2v) is 7.49. The second kappa shape index (κ2) is 9.46. The number of hydrogen-bond donors (Lipinski definition) is 1. The summed E-state index contributed by atoms with van der Waals surface area (Å²) < 4.78 is 13.8. The van der Waals surface area contributed by atoms with Gasteiger partial charge in [-0.05, 0) is 66.8 Å². The molecule has 0 saturated heterocycles. The summed E-state index contributed by atoms with van der Waals surface area (Å²) in [6.45, 7) is 0.196. The molecule has 7 nitrogen and oxygen atoms in total. The zero-order valence-corrected chi connectivity index (χ0v) is 18.3. The summed E-state index contributed by atoms with van der Waals surface area (Å²) in [5.74, 6) is 2.59. The first-order valence-electron chi connectivity index (χ1n) is 10.3. The molecule has 0 aliphatic carbocycles. The molecule has 0 fully saturated rings. The number of rotatable bonds is 7. The monoisotopic (exact) mass is 453 g/mol. The molecular formula is C25H19N5O2S. The van der Waals surface area contributed by atoms with Crippen LogP contribution in [0.15, 0.2) is 97.1 Å². The number of nitrogens with zero attached hydrogens (tertiary/aromatic N) is 4. The molecule has 33 heavy (non-hydrogen) atoms. The Kier molecular flexibility index (Phi) is 5.90. The standard InChI is InChI=1S/C25H19N5O2S/c33-25-26-23(30(29-25)19-7-3-1-4-8-19)17-31-24-16-15-22(27-28-24)18-11-13-21(14-12-18)32-20-9-5-2-6-10-20/h1-16H,17H2,(H,29,33). The highest BCUT2D eigenvalue weighted by atomic mass is 32.1. The van der Waals surface area contributed by atoms with Gasteiger partial charge in [0.05, 0.1) is 11.4 Å². The van der Waals surface area contributed by atoms with Gasteiger partial charge in [0.15, 0.2) is 5.82 Å². The van der Waals surface area contributed by atoms with Gasteiger partial charge in [0.25, 0.3) is 0 Å². The number of H-pyrrole nitrogens is 1. The van der Waals surface area contributed by atoms with E-state index >= 15 is 0 Å². The fourth-order valence-electron chi connectivity index (χ4n) is 3.25. The SMILES string of the molecule is S=c1nc(COc2ccc(-c3ccc(Oc4ccccc4)cc3)nn2)n(-c2ccccc2)[nH]1. The largest absolute Gasteiger partial charge is 0.468 e. The molecule has 5 rings (SSSR count). The summed E-state index contributed by atoms with van der Waals surface area (Å²) in [5.41, 5.74) is 2.58. The number of aromatic amines is 1. The lowest BCUT2D eigenvalue weighted by Gasteiger charge is -2.08. The van der Waals surface area contributed by atoms with Gasteiger partial charge in [-0.25, -0.2) is 9.67 Å². The Labute approximate surface area is 195 Å². The van der Waals surface area contributed by atoms with Gasteiger partial charge in [0.2, 0.25) is 10.7 Å². The number of hydrogen-bond acceptors (Lipinski definition) is 6. The van der Waals surface area contributed by atoms with Crippen molar-refractivity contribution in [2.75, 3.05) is 0 Å². The van der Waals surface area contributed by atoms with Gasteiger partial charge in [-0.2, -0.15) is 0 Å². The van der Waals surface area contributed by atoms with Crippen LogP contribution in [-0.4, -0.2) is 25.0 Å². The minimum Gasteiger partial charge on any atom is -0.468 e. The van der Waals surface area contributed by atoms with Crippen molar-refractivity contribution >= 4 is 12.2 Å². The Morgan fingerprint density at radius 1 is 0.758 bits per heavy atom. The Bertz CT molecular complexity index is 1380. The van der Waals surface area contributed by atoms with E-state index in [-0.39, 0.29) is 6.61 Å². The van der Waals surface area contributed by atoms with E-state index in [1.807, 2.05) is 91.0 Å². The lowest BCUT2D eigenvalue weighted by atomic mass is 10.1. The van der Waals surface area contributed by atoms with E-state index in [0.29, 0.717) is 16.5 Å². The summed E-state index contributed by atoms with van der Waals surface area (Å²) in [6.07, 6.45) is 0. The van der Waals surface area contributed by atoms with Crippen LogP contribution in [0.5, 0.6) is 17.4 Å². The van der Waals surface area contributed by atoms with Crippen molar-refractivity contribution in [1.29, 1.82) is 0 Å². The maximum Gasteiger partial charge on any atom is 0.233 e. The van der Waals surface area contributed by atoms with Gasteiger partial charge in [-0.15, -0.1) is 10.2 Å². The molecular weight excluding hydrogens is 434 g/mol. The maximum absolute atomic E-state index is 5.83. The van der Waals surface area contributed by atoms with Crippen molar-refractivity contribution in [1.82, 2.24) is 25.0 Å². The average molecular weight is 454 g/mol. The third-order valence-electron chi connectivity index (χ3n) is 4.83. The van der Waals surface area contributed by atoms with E-state index in [1.165, 1.54) is 0 Å². The van der Waals surface area contributed by atoms with Gasteiger partial charge < -0.3 is 9.47 Å². The molecule has 2 aromatic heterocycles. The zero-order valence-electron chi connectivity index (χ0n) is 17.5. The summed E-state index contributed by atoms with van der Waals surface area (Å²) in [4.78, 5) is 4.34. The predicted octanol–water partition coefficient (Wildman–Crippen LogP) is 5.76. The first-order chi connectivity index (χ1) is 16.2. The Morgan fingerprint density at radius 2 is 1.45 bits per heavy atom. The summed E-state index contributed by atoms with van der Waals surface area (Å²) in [6, 6.07) is 30.8. The number of benzene rings is 3. The van der Waals surface area contributed by atoms with Crippen LogP contribution in [0.1, 0.15) is 5.82 Å². The predicted molar refractivity (Wildman–Crippen MR) is 127 cm³/mol. The van der Waals surface area contributed by atoms with E-state index in [9.17, 15) is 0 Å². The Balaban J connectivity index is 1.25. The van der Waals surface area contributed by atoms with Gasteiger partial charge in [-0.3, -0.25) is 5.10 Å². The van der Waals surface area contributed by atoms with Gasteiger partial charge in [-0.1, -0.05) is 36.4 Å². The molecule has 0 unspecified atom stereocenters. The van der Waals surface area contributed by atoms with Crippen LogP contribution < -0.4 is 9.47 Å². The molecule has 8 heteroatoms. The smallest absolute Gasteiger partial charge is 0.233 e. The quantitative estimate of drug-likeness (QED) is 0.316. The normalized spacial score (nSPS) is 10.7. The van der Waals surface area contributed by atoms with Crippen LogP contribution in [0.2, 0.25) is 0 Å². The molecule has 1 N–H and O–H groups in total. The zero-order chi connectivity index (χ0) is 22.5. The van der Waals surface area contributed by atoms with Crippen LogP contribution in [0, 0.1) is 4.77 Å². The molecule has 0 saturated carbocycles. The lowest BCUT2D eigenvalue weighted by molar-refractivity contribution is 0.278. The summed E-state index contributed by atoms with van der Waals surface area (Å²) >= 11 is 5.19. The number of aromatic nitrogens is 5. The average Bonchev–Trinajstić information content (AvgIpc) is 3.25. The maximum atomic E-state index is 5.83. The molecule has 0 aliphatic heterocycles. The minimum atomic E-state index is 0.196. The van der Waals surface area contributed by atoms with E-state index in [0.717, 1.165) is 28.4 Å². The molecule has 5 aromatic rings. The molecule has 0 amide bonds. The van der Waals surface area contributed by atoms with Crippen molar-refractivity contribution < 1.29 is 9.47 Å². The van der Waals surface area contributed by atoms with E-state index in [4.69, 9.17) is 21.7 Å². The van der Waals surface area contributed by atoms with Gasteiger partial charge in [0, 0.05) is 11.6 Å². The van der Waals surface area contributed by atoms with Crippen molar-refractivity contribution in [3.63, 3.8) is 0 Å². The minimum absolute atomic E-state index is 0.196. The molecule has 0 spiro atoms. The fourth-order valence-corrected chi connectivity index (χ4v) is 3.44. The highest BCUT2D eigenvalue weighted by Crippen LogP contribution is 2.25. The van der Waals surface area contributed by atoms with Crippen molar-refractivity contribution in [2.24, 2.45) is 0 Å².